The number of carbonyl (C=O) groups is 1. The highest BCUT2D eigenvalue weighted by atomic mass is 127. The first-order valence-electron chi connectivity index (χ1n) is 9.99. The number of carbonyl (C=O) groups excluding carboxylic acids is 1. The molecule has 10 heteroatoms. The molecular formula is C19H33ClIN5O2S. The number of likely N-dealkylation sites (tertiary alicyclic amines) is 1. The first kappa shape index (κ1) is 26.4. The molecule has 0 radical (unpaired) electrons. The van der Waals surface area contributed by atoms with Crippen LogP contribution in [-0.4, -0.2) is 67.2 Å². The fraction of sp³-hybridized carbons (Fsp3) is 0.684. The topological polar surface area (TPSA) is 89.0 Å². The molecule has 1 aliphatic rings. The lowest BCUT2D eigenvalue weighted by atomic mass is 10.1. The van der Waals surface area contributed by atoms with Crippen molar-refractivity contribution in [2.24, 2.45) is 4.99 Å². The number of piperidine rings is 1. The first-order valence-corrected chi connectivity index (χ1v) is 11.2. The Hall–Kier alpha value is -0.620. The SMILES string of the molecule is CCCNC(=O)CN1CCC(NC(=NCC(O)c2ccc(Cl)s2)NCC)CC1.I. The summed E-state index contributed by atoms with van der Waals surface area (Å²) in [6.45, 7) is 8.07. The van der Waals surface area contributed by atoms with E-state index in [1.165, 1.54) is 11.3 Å². The Morgan fingerprint density at radius 1 is 1.34 bits per heavy atom. The molecule has 0 saturated carbocycles. The summed E-state index contributed by atoms with van der Waals surface area (Å²) in [6.07, 6.45) is 2.21. The highest BCUT2D eigenvalue weighted by molar-refractivity contribution is 14.0. The second-order valence-corrected chi connectivity index (χ2v) is 8.67. The quantitative estimate of drug-likeness (QED) is 0.213. The van der Waals surface area contributed by atoms with Crippen molar-refractivity contribution in [3.63, 3.8) is 0 Å². The predicted octanol–water partition coefficient (Wildman–Crippen LogP) is 2.60. The Morgan fingerprint density at radius 2 is 2.07 bits per heavy atom. The average Bonchev–Trinajstić information content (AvgIpc) is 3.12. The van der Waals surface area contributed by atoms with Crippen LogP contribution in [0.2, 0.25) is 4.34 Å². The smallest absolute Gasteiger partial charge is 0.234 e. The highest BCUT2D eigenvalue weighted by Crippen LogP contribution is 2.26. The molecule has 1 saturated heterocycles. The van der Waals surface area contributed by atoms with E-state index >= 15 is 0 Å². The van der Waals surface area contributed by atoms with Crippen LogP contribution in [0.15, 0.2) is 17.1 Å². The van der Waals surface area contributed by atoms with E-state index in [2.05, 4.69) is 32.8 Å². The molecule has 2 rings (SSSR count). The minimum absolute atomic E-state index is 0. The molecule has 2 heterocycles. The maximum absolute atomic E-state index is 11.9. The van der Waals surface area contributed by atoms with Crippen LogP contribution in [0.4, 0.5) is 0 Å². The summed E-state index contributed by atoms with van der Waals surface area (Å²) in [4.78, 5) is 19.4. The largest absolute Gasteiger partial charge is 0.386 e. The summed E-state index contributed by atoms with van der Waals surface area (Å²) in [6, 6.07) is 3.93. The van der Waals surface area contributed by atoms with Gasteiger partial charge in [0.1, 0.15) is 6.10 Å². The van der Waals surface area contributed by atoms with Crippen molar-refractivity contribution in [1.82, 2.24) is 20.9 Å². The highest BCUT2D eigenvalue weighted by Gasteiger charge is 2.21. The van der Waals surface area contributed by atoms with Gasteiger partial charge >= 0.3 is 0 Å². The van der Waals surface area contributed by atoms with Gasteiger partial charge in [-0.25, -0.2) is 0 Å². The molecule has 1 aromatic rings. The van der Waals surface area contributed by atoms with Gasteiger partial charge in [0, 0.05) is 37.1 Å². The zero-order valence-electron chi connectivity index (χ0n) is 17.1. The molecule has 4 N–H and O–H groups in total. The van der Waals surface area contributed by atoms with Crippen LogP contribution in [0.25, 0.3) is 0 Å². The number of hydrogen-bond acceptors (Lipinski definition) is 5. The molecule has 1 atom stereocenters. The van der Waals surface area contributed by atoms with Gasteiger partial charge < -0.3 is 21.1 Å². The zero-order chi connectivity index (χ0) is 20.4. The van der Waals surface area contributed by atoms with E-state index in [1.54, 1.807) is 6.07 Å². The lowest BCUT2D eigenvalue weighted by molar-refractivity contribution is -0.122. The summed E-state index contributed by atoms with van der Waals surface area (Å²) in [5.41, 5.74) is 0. The van der Waals surface area contributed by atoms with Gasteiger partial charge in [0.05, 0.1) is 17.4 Å². The van der Waals surface area contributed by atoms with Crippen molar-refractivity contribution in [1.29, 1.82) is 0 Å². The Labute approximate surface area is 199 Å². The van der Waals surface area contributed by atoms with Gasteiger partial charge in [-0.3, -0.25) is 14.7 Å². The van der Waals surface area contributed by atoms with E-state index in [1.807, 2.05) is 13.0 Å². The predicted molar refractivity (Wildman–Crippen MR) is 132 cm³/mol. The summed E-state index contributed by atoms with van der Waals surface area (Å²) in [7, 11) is 0. The molecular weight excluding hydrogens is 525 g/mol. The second kappa shape index (κ2) is 14.4. The third-order valence-electron chi connectivity index (χ3n) is 4.56. The van der Waals surface area contributed by atoms with Gasteiger partial charge in [-0.2, -0.15) is 0 Å². The molecule has 1 aliphatic heterocycles. The van der Waals surface area contributed by atoms with Crippen LogP contribution >= 0.6 is 46.9 Å². The van der Waals surface area contributed by atoms with E-state index in [4.69, 9.17) is 11.6 Å². The van der Waals surface area contributed by atoms with Crippen molar-refractivity contribution in [2.75, 3.05) is 39.3 Å². The number of thiophene rings is 1. The van der Waals surface area contributed by atoms with Gasteiger partial charge in [-0.15, -0.1) is 35.3 Å². The van der Waals surface area contributed by atoms with E-state index in [9.17, 15) is 9.90 Å². The Morgan fingerprint density at radius 3 is 2.66 bits per heavy atom. The van der Waals surface area contributed by atoms with Crippen LogP contribution in [-0.2, 0) is 4.79 Å². The number of aliphatic hydroxyl groups is 1. The molecule has 7 nitrogen and oxygen atoms in total. The summed E-state index contributed by atoms with van der Waals surface area (Å²) in [5.74, 6) is 0.814. The van der Waals surface area contributed by atoms with E-state index < -0.39 is 6.10 Å². The minimum Gasteiger partial charge on any atom is -0.386 e. The van der Waals surface area contributed by atoms with Gasteiger partial charge in [-0.05, 0) is 38.3 Å². The number of nitrogens with zero attached hydrogens (tertiary/aromatic N) is 2. The Kier molecular flexibility index (Phi) is 13.1. The van der Waals surface area contributed by atoms with Gasteiger partial charge in [-0.1, -0.05) is 18.5 Å². The van der Waals surface area contributed by atoms with Crippen molar-refractivity contribution < 1.29 is 9.90 Å². The van der Waals surface area contributed by atoms with Crippen LogP contribution in [0.5, 0.6) is 0 Å². The number of halogens is 2. The minimum atomic E-state index is -0.656. The van der Waals surface area contributed by atoms with Crippen molar-refractivity contribution in [2.45, 2.75) is 45.3 Å². The average molecular weight is 558 g/mol. The summed E-state index contributed by atoms with van der Waals surface area (Å²) < 4.78 is 0.665. The van der Waals surface area contributed by atoms with Gasteiger partial charge in [0.2, 0.25) is 5.91 Å². The molecule has 0 bridgehead atoms. The fourth-order valence-corrected chi connectivity index (χ4v) is 4.09. The molecule has 166 valence electrons. The third kappa shape index (κ3) is 9.82. The second-order valence-electron chi connectivity index (χ2n) is 6.92. The Balaban J connectivity index is 0.00000420. The number of aliphatic hydroxyl groups excluding tert-OH is 1. The molecule has 29 heavy (non-hydrogen) atoms. The Bertz CT molecular complexity index is 638. The van der Waals surface area contributed by atoms with Gasteiger partial charge in [0.25, 0.3) is 0 Å². The maximum atomic E-state index is 11.9. The molecule has 0 aromatic carbocycles. The standard InChI is InChI=1S/C19H32ClN5O2S.HI/c1-3-9-22-18(27)13-25-10-7-14(8-11-25)24-19(21-4-2)23-12-15(26)16-5-6-17(20)28-16;/h5-6,14-15,26H,3-4,7-13H2,1-2H3,(H,22,27)(H2,21,23,24);1H. The van der Waals surface area contributed by atoms with E-state index in [0.717, 1.165) is 50.3 Å². The summed E-state index contributed by atoms with van der Waals surface area (Å²) >= 11 is 7.31. The normalized spacial score (nSPS) is 16.8. The first-order chi connectivity index (χ1) is 13.5. The molecule has 1 aromatic heterocycles. The molecule has 1 unspecified atom stereocenters. The van der Waals surface area contributed by atoms with Crippen molar-refractivity contribution in [3.05, 3.63) is 21.3 Å². The van der Waals surface area contributed by atoms with Crippen LogP contribution in [0.1, 0.15) is 44.1 Å². The number of amides is 1. The number of hydrogen-bond donors (Lipinski definition) is 4. The maximum Gasteiger partial charge on any atom is 0.234 e. The summed E-state index contributed by atoms with van der Waals surface area (Å²) in [5, 5.41) is 19.9. The van der Waals surface area contributed by atoms with Crippen LogP contribution < -0.4 is 16.0 Å². The lowest BCUT2D eigenvalue weighted by Crippen LogP contribution is -2.50. The number of guanidine groups is 1. The van der Waals surface area contributed by atoms with E-state index in [-0.39, 0.29) is 36.4 Å². The molecule has 1 fully saturated rings. The number of aliphatic imine (C=N–C) groups is 1. The monoisotopic (exact) mass is 557 g/mol. The lowest BCUT2D eigenvalue weighted by Gasteiger charge is -2.32. The third-order valence-corrected chi connectivity index (χ3v) is 5.89. The molecule has 0 spiro atoms. The molecule has 0 aliphatic carbocycles. The van der Waals surface area contributed by atoms with E-state index in [0.29, 0.717) is 22.9 Å². The van der Waals surface area contributed by atoms with Crippen LogP contribution in [0, 0.1) is 0 Å². The number of rotatable bonds is 9. The molecule has 1 amide bonds. The van der Waals surface area contributed by atoms with Crippen LogP contribution in [0.3, 0.4) is 0 Å². The van der Waals surface area contributed by atoms with Crippen molar-refractivity contribution >= 4 is 58.8 Å². The number of nitrogens with one attached hydrogen (secondary N) is 3. The zero-order valence-corrected chi connectivity index (χ0v) is 21.0. The van der Waals surface area contributed by atoms with Crippen molar-refractivity contribution in [3.8, 4) is 0 Å². The fourth-order valence-electron chi connectivity index (χ4n) is 3.05. The van der Waals surface area contributed by atoms with Gasteiger partial charge in [0.15, 0.2) is 5.96 Å².